The molecule has 0 aliphatic carbocycles. The third-order valence-electron chi connectivity index (χ3n) is 5.39. The molecule has 1 unspecified atom stereocenters. The SMILES string of the molecule is Cc1ccccc1C[C@H](NC(=O)CC(NC(=O)c1ccccc1)c1cccc(F)c1)B(O)O. The van der Waals surface area contributed by atoms with Crippen molar-refractivity contribution in [1.82, 2.24) is 10.6 Å². The zero-order valence-electron chi connectivity index (χ0n) is 18.2. The molecule has 4 N–H and O–H groups in total. The van der Waals surface area contributed by atoms with Gasteiger partial charge < -0.3 is 20.7 Å². The lowest BCUT2D eigenvalue weighted by molar-refractivity contribution is -0.122. The first-order valence-corrected chi connectivity index (χ1v) is 10.6. The number of aryl methyl sites for hydroxylation is 1. The van der Waals surface area contributed by atoms with Gasteiger partial charge >= 0.3 is 7.12 Å². The Morgan fingerprint density at radius 3 is 2.30 bits per heavy atom. The number of carbonyl (C=O) groups excluding carboxylic acids is 2. The molecule has 0 aromatic heterocycles. The molecule has 3 aromatic carbocycles. The van der Waals surface area contributed by atoms with Crippen LogP contribution in [0.15, 0.2) is 78.9 Å². The topological polar surface area (TPSA) is 98.7 Å². The molecule has 0 saturated heterocycles. The van der Waals surface area contributed by atoms with Crippen LogP contribution in [0.4, 0.5) is 4.39 Å². The highest BCUT2D eigenvalue weighted by molar-refractivity contribution is 6.43. The molecule has 33 heavy (non-hydrogen) atoms. The summed E-state index contributed by atoms with van der Waals surface area (Å²) in [6, 6.07) is 20.8. The first-order chi connectivity index (χ1) is 15.8. The Labute approximate surface area is 192 Å². The number of amides is 2. The van der Waals surface area contributed by atoms with Crippen LogP contribution < -0.4 is 10.6 Å². The molecule has 0 aliphatic rings. The molecule has 3 aromatic rings. The van der Waals surface area contributed by atoms with Gasteiger partial charge in [0.15, 0.2) is 0 Å². The monoisotopic (exact) mass is 448 g/mol. The van der Waals surface area contributed by atoms with E-state index >= 15 is 0 Å². The average molecular weight is 448 g/mol. The molecule has 8 heteroatoms. The smallest absolute Gasteiger partial charge is 0.426 e. The van der Waals surface area contributed by atoms with Crippen LogP contribution in [0.5, 0.6) is 0 Å². The second-order valence-electron chi connectivity index (χ2n) is 7.87. The lowest BCUT2D eigenvalue weighted by atomic mass is 9.75. The number of hydrogen-bond donors (Lipinski definition) is 4. The third kappa shape index (κ3) is 7.00. The highest BCUT2D eigenvalue weighted by atomic mass is 19.1. The molecule has 0 heterocycles. The van der Waals surface area contributed by atoms with E-state index in [1.54, 1.807) is 36.4 Å². The molecule has 0 aliphatic heterocycles. The van der Waals surface area contributed by atoms with Gasteiger partial charge in [0.05, 0.1) is 18.4 Å². The van der Waals surface area contributed by atoms with Crippen molar-refractivity contribution in [1.29, 1.82) is 0 Å². The molecule has 0 spiro atoms. The van der Waals surface area contributed by atoms with Gasteiger partial charge in [0.1, 0.15) is 5.82 Å². The van der Waals surface area contributed by atoms with Crippen LogP contribution in [0.25, 0.3) is 0 Å². The summed E-state index contributed by atoms with van der Waals surface area (Å²) < 4.78 is 13.8. The van der Waals surface area contributed by atoms with E-state index in [9.17, 15) is 24.0 Å². The molecular weight excluding hydrogens is 422 g/mol. The second kappa shape index (κ2) is 11.4. The normalized spacial score (nSPS) is 12.5. The van der Waals surface area contributed by atoms with Crippen LogP contribution in [0.2, 0.25) is 0 Å². The quantitative estimate of drug-likeness (QED) is 0.379. The van der Waals surface area contributed by atoms with Crippen LogP contribution in [0.3, 0.4) is 0 Å². The average Bonchev–Trinajstić information content (AvgIpc) is 2.80. The van der Waals surface area contributed by atoms with Crippen LogP contribution in [0, 0.1) is 12.7 Å². The Morgan fingerprint density at radius 2 is 1.64 bits per heavy atom. The predicted octanol–water partition coefficient (Wildman–Crippen LogP) is 2.73. The standard InChI is InChI=1S/C25H26BFN2O4/c1-17-8-5-6-11-19(17)15-23(26(32)33)29-24(30)16-22(20-12-7-13-21(27)14-20)28-25(31)18-9-3-2-4-10-18/h2-14,22-23,32-33H,15-16H2,1H3,(H,28,31)(H,29,30)/t22?,23-/m0/s1. The molecule has 2 atom stereocenters. The van der Waals surface area contributed by atoms with Crippen LogP contribution in [0.1, 0.15) is 39.5 Å². The van der Waals surface area contributed by atoms with E-state index in [-0.39, 0.29) is 12.8 Å². The second-order valence-corrected chi connectivity index (χ2v) is 7.87. The minimum absolute atomic E-state index is 0.209. The van der Waals surface area contributed by atoms with Gasteiger partial charge in [-0.3, -0.25) is 9.59 Å². The highest BCUT2D eigenvalue weighted by Gasteiger charge is 2.28. The van der Waals surface area contributed by atoms with Crippen molar-refractivity contribution in [3.8, 4) is 0 Å². The van der Waals surface area contributed by atoms with Crippen molar-refractivity contribution < 1.29 is 24.0 Å². The number of nitrogens with one attached hydrogen (secondary N) is 2. The molecule has 0 radical (unpaired) electrons. The van der Waals surface area contributed by atoms with Gasteiger partial charge in [-0.25, -0.2) is 4.39 Å². The third-order valence-corrected chi connectivity index (χ3v) is 5.39. The van der Waals surface area contributed by atoms with E-state index in [2.05, 4.69) is 10.6 Å². The number of hydrogen-bond acceptors (Lipinski definition) is 4. The molecule has 0 bridgehead atoms. The maximum Gasteiger partial charge on any atom is 0.475 e. The van der Waals surface area contributed by atoms with E-state index < -0.39 is 36.7 Å². The van der Waals surface area contributed by atoms with Crippen molar-refractivity contribution >= 4 is 18.9 Å². The summed E-state index contributed by atoms with van der Waals surface area (Å²) in [6.07, 6.45) is 0.0100. The van der Waals surface area contributed by atoms with E-state index in [0.29, 0.717) is 11.1 Å². The highest BCUT2D eigenvalue weighted by Crippen LogP contribution is 2.19. The van der Waals surface area contributed by atoms with Crippen LogP contribution in [-0.4, -0.2) is 34.9 Å². The van der Waals surface area contributed by atoms with Crippen LogP contribution in [-0.2, 0) is 11.2 Å². The summed E-state index contributed by atoms with van der Waals surface area (Å²) in [6.45, 7) is 1.90. The van der Waals surface area contributed by atoms with Crippen LogP contribution >= 0.6 is 0 Å². The zero-order chi connectivity index (χ0) is 23.8. The van der Waals surface area contributed by atoms with E-state index in [4.69, 9.17) is 0 Å². The lowest BCUT2D eigenvalue weighted by Crippen LogP contribution is -2.48. The van der Waals surface area contributed by atoms with Gasteiger partial charge in [0, 0.05) is 5.56 Å². The first kappa shape index (κ1) is 24.2. The minimum Gasteiger partial charge on any atom is -0.426 e. The van der Waals surface area contributed by atoms with E-state index in [1.807, 2.05) is 31.2 Å². The van der Waals surface area contributed by atoms with Gasteiger partial charge in [-0.1, -0.05) is 54.6 Å². The fraction of sp³-hybridized carbons (Fsp3) is 0.200. The van der Waals surface area contributed by atoms with Gasteiger partial charge in [-0.2, -0.15) is 0 Å². The predicted molar refractivity (Wildman–Crippen MR) is 125 cm³/mol. The largest absolute Gasteiger partial charge is 0.475 e. The van der Waals surface area contributed by atoms with Crippen molar-refractivity contribution in [3.63, 3.8) is 0 Å². The fourth-order valence-corrected chi connectivity index (χ4v) is 3.56. The van der Waals surface area contributed by atoms with Gasteiger partial charge in [0.2, 0.25) is 5.91 Å². The Kier molecular flexibility index (Phi) is 8.35. The molecular formula is C25H26BFN2O4. The molecule has 2 amide bonds. The van der Waals surface area contributed by atoms with E-state index in [1.165, 1.54) is 18.2 Å². The Morgan fingerprint density at radius 1 is 0.939 bits per heavy atom. The van der Waals surface area contributed by atoms with Gasteiger partial charge in [-0.15, -0.1) is 0 Å². The molecule has 0 fully saturated rings. The van der Waals surface area contributed by atoms with Crippen molar-refractivity contribution in [2.24, 2.45) is 0 Å². The number of rotatable bonds is 9. The summed E-state index contributed by atoms with van der Waals surface area (Å²) in [5.74, 6) is -2.35. The Hall–Kier alpha value is -3.49. The maximum absolute atomic E-state index is 13.8. The minimum atomic E-state index is -1.78. The van der Waals surface area contributed by atoms with Crippen molar-refractivity contribution in [2.45, 2.75) is 31.7 Å². The summed E-state index contributed by atoms with van der Waals surface area (Å²) >= 11 is 0. The summed E-state index contributed by atoms with van der Waals surface area (Å²) in [5.41, 5.74) is 2.66. The summed E-state index contributed by atoms with van der Waals surface area (Å²) in [5, 5.41) is 25.0. The Balaban J connectivity index is 1.75. The lowest BCUT2D eigenvalue weighted by Gasteiger charge is -2.23. The first-order valence-electron chi connectivity index (χ1n) is 10.6. The maximum atomic E-state index is 13.8. The molecule has 0 saturated carbocycles. The van der Waals surface area contributed by atoms with Crippen molar-refractivity contribution in [3.05, 3.63) is 107 Å². The molecule has 3 rings (SSSR count). The summed E-state index contributed by atoms with van der Waals surface area (Å²) in [4.78, 5) is 25.5. The molecule has 170 valence electrons. The van der Waals surface area contributed by atoms with Gasteiger partial charge in [-0.05, 0) is 54.3 Å². The number of halogens is 1. The Bertz CT molecular complexity index is 1090. The zero-order valence-corrected chi connectivity index (χ0v) is 18.2. The summed E-state index contributed by atoms with van der Waals surface area (Å²) in [7, 11) is -1.78. The van der Waals surface area contributed by atoms with Crippen molar-refractivity contribution in [2.75, 3.05) is 0 Å². The van der Waals surface area contributed by atoms with E-state index in [0.717, 1.165) is 11.1 Å². The number of benzene rings is 3. The van der Waals surface area contributed by atoms with Gasteiger partial charge in [0.25, 0.3) is 5.91 Å². The number of carbonyl (C=O) groups is 2. The fourth-order valence-electron chi connectivity index (χ4n) is 3.56. The molecule has 6 nitrogen and oxygen atoms in total.